The van der Waals surface area contributed by atoms with Crippen molar-refractivity contribution in [2.45, 2.75) is 31.6 Å². The Morgan fingerprint density at radius 1 is 1.12 bits per heavy atom. The van der Waals surface area contributed by atoms with Gasteiger partial charge in [-0.3, -0.25) is 5.01 Å². The molecule has 0 radical (unpaired) electrons. The van der Waals surface area contributed by atoms with E-state index in [0.717, 1.165) is 24.9 Å². The molecule has 24 heavy (non-hydrogen) atoms. The summed E-state index contributed by atoms with van der Waals surface area (Å²) in [6.45, 7) is 3.07. The zero-order valence-corrected chi connectivity index (χ0v) is 14.1. The minimum atomic E-state index is 0.177. The largest absolute Gasteiger partial charge is 0.382 e. The minimum Gasteiger partial charge on any atom is -0.382 e. The van der Waals surface area contributed by atoms with E-state index in [2.05, 4.69) is 42.3 Å². The van der Waals surface area contributed by atoms with Crippen LogP contribution >= 0.6 is 0 Å². The standard InChI is InChI=1S/C21H23N3/c1-16-10-11-19-18(14-16)21(12-6-3-7-13-21)15-24(19)23-20(22)17-8-4-2-5-9-17/h2-6,8-11,14H,7,12-13,15H2,1H3,(H2,22,23). The third kappa shape index (κ3) is 2.50. The molecule has 0 amide bonds. The predicted molar refractivity (Wildman–Crippen MR) is 100 cm³/mol. The van der Waals surface area contributed by atoms with Gasteiger partial charge in [-0.25, -0.2) is 0 Å². The fourth-order valence-electron chi connectivity index (χ4n) is 3.92. The Labute approximate surface area is 143 Å². The smallest absolute Gasteiger partial charge is 0.151 e. The van der Waals surface area contributed by atoms with Gasteiger partial charge in [0.25, 0.3) is 0 Å². The maximum atomic E-state index is 6.27. The molecule has 122 valence electrons. The number of hydrogen-bond donors (Lipinski definition) is 1. The summed E-state index contributed by atoms with van der Waals surface area (Å²) < 4.78 is 0. The highest BCUT2D eigenvalue weighted by Gasteiger charge is 2.42. The topological polar surface area (TPSA) is 41.6 Å². The van der Waals surface area contributed by atoms with Crippen molar-refractivity contribution in [1.29, 1.82) is 0 Å². The van der Waals surface area contributed by atoms with Crippen LogP contribution in [-0.4, -0.2) is 12.4 Å². The molecule has 2 aromatic rings. The van der Waals surface area contributed by atoms with Crippen LogP contribution in [0.4, 0.5) is 5.69 Å². The Morgan fingerprint density at radius 3 is 2.71 bits per heavy atom. The summed E-state index contributed by atoms with van der Waals surface area (Å²) in [4.78, 5) is 0. The summed E-state index contributed by atoms with van der Waals surface area (Å²) in [5.41, 5.74) is 11.4. The zero-order valence-electron chi connectivity index (χ0n) is 14.1. The summed E-state index contributed by atoms with van der Waals surface area (Å²) >= 11 is 0. The van der Waals surface area contributed by atoms with Crippen LogP contribution in [0, 0.1) is 6.92 Å². The summed E-state index contributed by atoms with van der Waals surface area (Å²) in [7, 11) is 0. The second-order valence-corrected chi connectivity index (χ2v) is 6.92. The lowest BCUT2D eigenvalue weighted by Gasteiger charge is -2.31. The molecular weight excluding hydrogens is 294 g/mol. The van der Waals surface area contributed by atoms with Crippen LogP contribution in [-0.2, 0) is 5.41 Å². The number of benzene rings is 2. The van der Waals surface area contributed by atoms with Crippen molar-refractivity contribution in [2.75, 3.05) is 11.6 Å². The molecule has 0 saturated heterocycles. The Morgan fingerprint density at radius 2 is 1.96 bits per heavy atom. The number of nitrogens with zero attached hydrogens (tertiary/aromatic N) is 2. The van der Waals surface area contributed by atoms with E-state index in [1.807, 2.05) is 30.3 Å². The van der Waals surface area contributed by atoms with Gasteiger partial charge in [-0.05, 0) is 37.8 Å². The maximum absolute atomic E-state index is 6.27. The average Bonchev–Trinajstić information content (AvgIpc) is 2.89. The summed E-state index contributed by atoms with van der Waals surface area (Å²) in [6.07, 6.45) is 8.02. The second-order valence-electron chi connectivity index (χ2n) is 6.92. The molecule has 0 bridgehead atoms. The van der Waals surface area contributed by atoms with Crippen molar-refractivity contribution in [3.8, 4) is 0 Å². The van der Waals surface area contributed by atoms with E-state index in [1.165, 1.54) is 23.2 Å². The summed E-state index contributed by atoms with van der Waals surface area (Å²) in [5.74, 6) is 0.575. The predicted octanol–water partition coefficient (Wildman–Crippen LogP) is 4.11. The first-order valence-electron chi connectivity index (χ1n) is 8.61. The van der Waals surface area contributed by atoms with Crippen LogP contribution in [0.25, 0.3) is 0 Å². The first-order chi connectivity index (χ1) is 11.7. The Kier molecular flexibility index (Phi) is 3.64. The van der Waals surface area contributed by atoms with Gasteiger partial charge in [-0.15, -0.1) is 0 Å². The van der Waals surface area contributed by atoms with E-state index in [1.54, 1.807) is 0 Å². The third-order valence-corrected chi connectivity index (χ3v) is 5.22. The Hall–Kier alpha value is -2.55. The molecule has 2 N–H and O–H groups in total. The third-order valence-electron chi connectivity index (χ3n) is 5.22. The van der Waals surface area contributed by atoms with E-state index >= 15 is 0 Å². The number of allylic oxidation sites excluding steroid dienone is 2. The number of nitrogens with two attached hydrogens (primary N) is 1. The van der Waals surface area contributed by atoms with Crippen molar-refractivity contribution in [3.63, 3.8) is 0 Å². The second kappa shape index (κ2) is 5.82. The molecule has 0 fully saturated rings. The van der Waals surface area contributed by atoms with E-state index < -0.39 is 0 Å². The van der Waals surface area contributed by atoms with Crippen molar-refractivity contribution in [3.05, 3.63) is 77.4 Å². The number of aryl methyl sites for hydroxylation is 1. The first-order valence-corrected chi connectivity index (χ1v) is 8.61. The van der Waals surface area contributed by atoms with Gasteiger partial charge in [0.15, 0.2) is 5.84 Å². The maximum Gasteiger partial charge on any atom is 0.151 e. The van der Waals surface area contributed by atoms with Crippen LogP contribution in [0.3, 0.4) is 0 Å². The molecule has 2 aliphatic rings. The lowest BCUT2D eigenvalue weighted by Crippen LogP contribution is -2.33. The lowest BCUT2D eigenvalue weighted by molar-refractivity contribution is 0.411. The monoisotopic (exact) mass is 317 g/mol. The molecular formula is C21H23N3. The van der Waals surface area contributed by atoms with Crippen LogP contribution in [0.5, 0.6) is 0 Å². The van der Waals surface area contributed by atoms with Crippen molar-refractivity contribution >= 4 is 11.5 Å². The molecule has 0 aromatic heterocycles. The molecule has 1 aliphatic carbocycles. The molecule has 1 atom stereocenters. The quantitative estimate of drug-likeness (QED) is 0.514. The Balaban J connectivity index is 1.75. The molecule has 2 aromatic carbocycles. The van der Waals surface area contributed by atoms with Gasteiger partial charge in [0, 0.05) is 11.0 Å². The number of hydrazone groups is 1. The molecule has 1 unspecified atom stereocenters. The van der Waals surface area contributed by atoms with Crippen LogP contribution in [0.1, 0.15) is 36.0 Å². The molecule has 4 rings (SSSR count). The van der Waals surface area contributed by atoms with Crippen LogP contribution < -0.4 is 10.7 Å². The van der Waals surface area contributed by atoms with E-state index in [9.17, 15) is 0 Å². The van der Waals surface area contributed by atoms with Crippen molar-refractivity contribution in [2.24, 2.45) is 10.8 Å². The van der Waals surface area contributed by atoms with Crippen molar-refractivity contribution < 1.29 is 0 Å². The van der Waals surface area contributed by atoms with Gasteiger partial charge in [0.1, 0.15) is 0 Å². The molecule has 3 nitrogen and oxygen atoms in total. The fourth-order valence-corrected chi connectivity index (χ4v) is 3.92. The van der Waals surface area contributed by atoms with E-state index in [4.69, 9.17) is 10.8 Å². The number of hydrogen-bond acceptors (Lipinski definition) is 2. The summed E-state index contributed by atoms with van der Waals surface area (Å²) in [5, 5.41) is 6.88. The lowest BCUT2D eigenvalue weighted by atomic mass is 9.73. The van der Waals surface area contributed by atoms with Gasteiger partial charge in [-0.1, -0.05) is 60.2 Å². The molecule has 1 spiro atoms. The number of rotatable bonds is 2. The van der Waals surface area contributed by atoms with E-state index in [-0.39, 0.29) is 5.41 Å². The zero-order chi connectivity index (χ0) is 16.6. The normalized spacial score (nSPS) is 22.9. The highest BCUT2D eigenvalue weighted by molar-refractivity contribution is 5.98. The first kappa shape index (κ1) is 15.0. The SMILES string of the molecule is Cc1ccc2c(c1)C1(CC=CCC1)CN2/N=C(\N)c1ccccc1. The number of fused-ring (bicyclic) bond motifs is 2. The minimum absolute atomic E-state index is 0.177. The molecule has 3 heteroatoms. The van der Waals surface area contributed by atoms with Crippen LogP contribution in [0.15, 0.2) is 65.8 Å². The van der Waals surface area contributed by atoms with Gasteiger partial charge in [-0.2, -0.15) is 5.10 Å². The van der Waals surface area contributed by atoms with Crippen molar-refractivity contribution in [1.82, 2.24) is 0 Å². The number of anilines is 1. The van der Waals surface area contributed by atoms with Gasteiger partial charge < -0.3 is 5.73 Å². The number of amidine groups is 1. The molecule has 0 saturated carbocycles. The average molecular weight is 317 g/mol. The van der Waals surface area contributed by atoms with Gasteiger partial charge >= 0.3 is 0 Å². The highest BCUT2D eigenvalue weighted by Crippen LogP contribution is 2.48. The molecule has 1 aliphatic heterocycles. The highest BCUT2D eigenvalue weighted by atomic mass is 15.5. The van der Waals surface area contributed by atoms with E-state index in [0.29, 0.717) is 5.84 Å². The Bertz CT molecular complexity index is 807. The van der Waals surface area contributed by atoms with Gasteiger partial charge in [0.2, 0.25) is 0 Å². The fraction of sp³-hybridized carbons (Fsp3) is 0.286. The summed E-state index contributed by atoms with van der Waals surface area (Å²) in [6, 6.07) is 16.7. The van der Waals surface area contributed by atoms with Gasteiger partial charge in [0.05, 0.1) is 12.2 Å². The molecule has 1 heterocycles. The van der Waals surface area contributed by atoms with Crippen LogP contribution in [0.2, 0.25) is 0 Å².